The van der Waals surface area contributed by atoms with Gasteiger partial charge < -0.3 is 10.5 Å². The summed E-state index contributed by atoms with van der Waals surface area (Å²) < 4.78 is 16.6. The predicted octanol–water partition coefficient (Wildman–Crippen LogP) is 0.759. The number of nitrogens with zero attached hydrogens (tertiary/aromatic N) is 1. The van der Waals surface area contributed by atoms with Crippen LogP contribution in [0.3, 0.4) is 0 Å². The fourth-order valence-electron chi connectivity index (χ4n) is 2.31. The third kappa shape index (κ3) is 3.10. The van der Waals surface area contributed by atoms with Gasteiger partial charge >= 0.3 is 0 Å². The maximum absolute atomic E-state index is 11.4. The summed E-state index contributed by atoms with van der Waals surface area (Å²) in [5, 5.41) is 0. The molecular formula is C13H20N2O2S. The number of benzene rings is 1. The Hall–Kier alpha value is -0.910. The van der Waals surface area contributed by atoms with Crippen LogP contribution in [-0.2, 0) is 10.8 Å². The number of nitrogens with two attached hydrogens (primary N) is 1. The summed E-state index contributed by atoms with van der Waals surface area (Å²) in [5.41, 5.74) is 7.07. The van der Waals surface area contributed by atoms with Gasteiger partial charge in [-0.25, -0.2) is 0 Å². The van der Waals surface area contributed by atoms with Gasteiger partial charge in [0.25, 0.3) is 0 Å². The van der Waals surface area contributed by atoms with Crippen LogP contribution in [-0.4, -0.2) is 47.4 Å². The van der Waals surface area contributed by atoms with Gasteiger partial charge in [0.1, 0.15) is 5.75 Å². The molecule has 4 nitrogen and oxygen atoms in total. The van der Waals surface area contributed by atoms with E-state index >= 15 is 0 Å². The molecule has 1 aromatic carbocycles. The molecule has 1 aliphatic rings. The van der Waals surface area contributed by atoms with E-state index < -0.39 is 10.8 Å². The maximum Gasteiger partial charge on any atom is 0.119 e. The molecule has 0 bridgehead atoms. The second-order valence-electron chi connectivity index (χ2n) is 4.41. The molecule has 2 N–H and O–H groups in total. The highest BCUT2D eigenvalue weighted by atomic mass is 32.2. The first kappa shape index (κ1) is 13.5. The summed E-state index contributed by atoms with van der Waals surface area (Å²) >= 11 is 0. The van der Waals surface area contributed by atoms with Crippen LogP contribution < -0.4 is 10.5 Å². The molecule has 100 valence electrons. The van der Waals surface area contributed by atoms with Crippen LogP contribution in [0, 0.1) is 0 Å². The number of ether oxygens (including phenoxy) is 1. The lowest BCUT2D eigenvalue weighted by Gasteiger charge is -2.33. The van der Waals surface area contributed by atoms with Crippen LogP contribution in [0.5, 0.6) is 5.75 Å². The average molecular weight is 268 g/mol. The van der Waals surface area contributed by atoms with Gasteiger partial charge in [-0.15, -0.1) is 0 Å². The van der Waals surface area contributed by atoms with E-state index in [1.165, 1.54) is 5.56 Å². The van der Waals surface area contributed by atoms with Crippen LogP contribution in [0.2, 0.25) is 0 Å². The van der Waals surface area contributed by atoms with Crippen molar-refractivity contribution in [1.29, 1.82) is 0 Å². The van der Waals surface area contributed by atoms with E-state index in [2.05, 4.69) is 11.0 Å². The molecule has 1 heterocycles. The monoisotopic (exact) mass is 268 g/mol. The summed E-state index contributed by atoms with van der Waals surface area (Å²) in [6.07, 6.45) is 0. The lowest BCUT2D eigenvalue weighted by molar-refractivity contribution is 0.220. The molecule has 1 aromatic rings. The topological polar surface area (TPSA) is 55.6 Å². The molecule has 1 fully saturated rings. The Kier molecular flexibility index (Phi) is 4.74. The SMILES string of the molecule is COc1cccc(C(CN)N2CCS(=O)CC2)c1. The lowest BCUT2D eigenvalue weighted by Crippen LogP contribution is -2.42. The van der Waals surface area contributed by atoms with Crippen LogP contribution >= 0.6 is 0 Å². The Morgan fingerprint density at radius 1 is 1.44 bits per heavy atom. The standard InChI is InChI=1S/C13H20N2O2S/c1-17-12-4-2-3-11(9-12)13(10-14)15-5-7-18(16)8-6-15/h2-4,9,13H,5-8,10,14H2,1H3. The minimum absolute atomic E-state index is 0.192. The Labute approximate surface area is 111 Å². The molecule has 1 atom stereocenters. The van der Waals surface area contributed by atoms with Crippen molar-refractivity contribution in [2.75, 3.05) is 38.2 Å². The quantitative estimate of drug-likeness (QED) is 0.876. The van der Waals surface area contributed by atoms with Crippen LogP contribution in [0.15, 0.2) is 24.3 Å². The first-order chi connectivity index (χ1) is 8.74. The molecule has 0 aliphatic carbocycles. The Morgan fingerprint density at radius 3 is 2.78 bits per heavy atom. The second kappa shape index (κ2) is 6.31. The Bertz CT molecular complexity index is 415. The number of rotatable bonds is 4. The van der Waals surface area contributed by atoms with E-state index in [9.17, 15) is 4.21 Å². The molecule has 1 unspecified atom stereocenters. The number of methoxy groups -OCH3 is 1. The van der Waals surface area contributed by atoms with E-state index in [1.807, 2.05) is 18.2 Å². The fourth-order valence-corrected chi connectivity index (χ4v) is 3.39. The first-order valence-corrected chi connectivity index (χ1v) is 7.66. The maximum atomic E-state index is 11.4. The molecule has 0 saturated carbocycles. The van der Waals surface area contributed by atoms with Gasteiger partial charge in [-0.05, 0) is 17.7 Å². The molecule has 18 heavy (non-hydrogen) atoms. The van der Waals surface area contributed by atoms with Crippen molar-refractivity contribution in [2.24, 2.45) is 5.73 Å². The van der Waals surface area contributed by atoms with Crippen molar-refractivity contribution in [3.63, 3.8) is 0 Å². The number of hydrogen-bond acceptors (Lipinski definition) is 4. The van der Waals surface area contributed by atoms with Crippen molar-refractivity contribution >= 4 is 10.8 Å². The molecule has 0 amide bonds. The lowest BCUT2D eigenvalue weighted by atomic mass is 10.0. The zero-order chi connectivity index (χ0) is 13.0. The summed E-state index contributed by atoms with van der Waals surface area (Å²) in [5.74, 6) is 2.35. The predicted molar refractivity (Wildman–Crippen MR) is 74.2 cm³/mol. The highest BCUT2D eigenvalue weighted by Crippen LogP contribution is 2.24. The zero-order valence-electron chi connectivity index (χ0n) is 10.7. The Balaban J connectivity index is 2.14. The van der Waals surface area contributed by atoms with Crippen molar-refractivity contribution in [1.82, 2.24) is 4.90 Å². The van der Waals surface area contributed by atoms with Crippen molar-refractivity contribution < 1.29 is 8.95 Å². The van der Waals surface area contributed by atoms with E-state index in [0.717, 1.165) is 30.3 Å². The molecular weight excluding hydrogens is 248 g/mol. The van der Waals surface area contributed by atoms with Crippen molar-refractivity contribution in [3.05, 3.63) is 29.8 Å². The molecule has 1 aliphatic heterocycles. The first-order valence-electron chi connectivity index (χ1n) is 6.17. The van der Waals surface area contributed by atoms with Crippen molar-refractivity contribution in [3.8, 4) is 5.75 Å². The zero-order valence-corrected chi connectivity index (χ0v) is 11.5. The summed E-state index contributed by atoms with van der Waals surface area (Å²) in [6.45, 7) is 2.27. The number of hydrogen-bond donors (Lipinski definition) is 1. The van der Waals surface area contributed by atoms with Crippen LogP contribution in [0.4, 0.5) is 0 Å². The summed E-state index contributed by atoms with van der Waals surface area (Å²) in [7, 11) is 1.02. The molecule has 2 rings (SSSR count). The van der Waals surface area contributed by atoms with E-state index in [-0.39, 0.29) is 6.04 Å². The van der Waals surface area contributed by atoms with Gasteiger partial charge in [0, 0.05) is 48.0 Å². The van der Waals surface area contributed by atoms with Gasteiger partial charge in [-0.1, -0.05) is 12.1 Å². The molecule has 0 spiro atoms. The molecule has 0 aromatic heterocycles. The minimum atomic E-state index is -0.649. The van der Waals surface area contributed by atoms with Gasteiger partial charge in [0.05, 0.1) is 7.11 Å². The second-order valence-corrected chi connectivity index (χ2v) is 6.11. The largest absolute Gasteiger partial charge is 0.497 e. The van der Waals surface area contributed by atoms with E-state index in [4.69, 9.17) is 10.5 Å². The Morgan fingerprint density at radius 2 is 2.17 bits per heavy atom. The van der Waals surface area contributed by atoms with Gasteiger partial charge in [0.15, 0.2) is 0 Å². The summed E-state index contributed by atoms with van der Waals surface area (Å²) in [4.78, 5) is 2.32. The third-order valence-electron chi connectivity index (χ3n) is 3.35. The summed E-state index contributed by atoms with van der Waals surface area (Å²) in [6, 6.07) is 8.22. The average Bonchev–Trinajstić information content (AvgIpc) is 2.42. The van der Waals surface area contributed by atoms with Crippen LogP contribution in [0.25, 0.3) is 0 Å². The molecule has 0 radical (unpaired) electrons. The minimum Gasteiger partial charge on any atom is -0.497 e. The van der Waals surface area contributed by atoms with Crippen LogP contribution in [0.1, 0.15) is 11.6 Å². The van der Waals surface area contributed by atoms with Gasteiger partial charge in [-0.2, -0.15) is 0 Å². The normalized spacial score (nSPS) is 19.7. The highest BCUT2D eigenvalue weighted by Gasteiger charge is 2.23. The van der Waals surface area contributed by atoms with Gasteiger partial charge in [-0.3, -0.25) is 9.11 Å². The van der Waals surface area contributed by atoms with E-state index in [0.29, 0.717) is 6.54 Å². The highest BCUT2D eigenvalue weighted by molar-refractivity contribution is 7.85. The fraction of sp³-hybridized carbons (Fsp3) is 0.538. The van der Waals surface area contributed by atoms with Gasteiger partial charge in [0.2, 0.25) is 0 Å². The van der Waals surface area contributed by atoms with E-state index in [1.54, 1.807) is 7.11 Å². The smallest absolute Gasteiger partial charge is 0.119 e. The van der Waals surface area contributed by atoms with Crippen molar-refractivity contribution in [2.45, 2.75) is 6.04 Å². The third-order valence-corrected chi connectivity index (χ3v) is 4.63. The molecule has 1 saturated heterocycles. The molecule has 5 heteroatoms.